The lowest BCUT2D eigenvalue weighted by Crippen LogP contribution is -2.24. The molecule has 3 N–H and O–H groups in total. The third-order valence-electron chi connectivity index (χ3n) is 5.84. The average Bonchev–Trinajstić information content (AvgIpc) is 3.25. The van der Waals surface area contributed by atoms with Gasteiger partial charge in [0.1, 0.15) is 5.75 Å². The first-order valence-corrected chi connectivity index (χ1v) is 9.13. The first kappa shape index (κ1) is 20.1. The highest BCUT2D eigenvalue weighted by atomic mass is 16.5. The topological polar surface area (TPSA) is 82.8 Å². The molecule has 142 valence electrons. The van der Waals surface area contributed by atoms with Crippen LogP contribution in [0, 0.1) is 17.8 Å². The Balaban J connectivity index is 0.000000193. The summed E-state index contributed by atoms with van der Waals surface area (Å²) in [4.78, 5) is 3.94. The van der Waals surface area contributed by atoms with Crippen LogP contribution in [-0.4, -0.2) is 44.7 Å². The van der Waals surface area contributed by atoms with Crippen LogP contribution in [0.2, 0.25) is 0 Å². The molecule has 0 aromatic carbocycles. The second kappa shape index (κ2) is 8.97. The Hall–Kier alpha value is -1.17. The molecule has 7 unspecified atom stereocenters. The number of aliphatic hydroxyl groups is 3. The van der Waals surface area contributed by atoms with Gasteiger partial charge in [-0.2, -0.15) is 0 Å². The quantitative estimate of drug-likeness (QED) is 0.780. The van der Waals surface area contributed by atoms with Gasteiger partial charge in [-0.15, -0.1) is 0 Å². The van der Waals surface area contributed by atoms with Crippen LogP contribution in [0.1, 0.15) is 52.9 Å². The van der Waals surface area contributed by atoms with Crippen LogP contribution in [0.5, 0.6) is 5.75 Å². The molecule has 0 radical (unpaired) electrons. The Morgan fingerprint density at radius 1 is 1.00 bits per heavy atom. The highest BCUT2D eigenvalue weighted by Crippen LogP contribution is 2.44. The number of hydrogen-bond acceptors (Lipinski definition) is 5. The Morgan fingerprint density at radius 2 is 1.60 bits per heavy atom. The SMILES string of the molecule is C.CC(O)C1CCC(Oc2ccncc2)C1.OC1CC2CC1CC2O. The zero-order valence-corrected chi connectivity index (χ0v) is 14.3. The van der Waals surface area contributed by atoms with Crippen molar-refractivity contribution in [2.45, 2.75) is 77.3 Å². The van der Waals surface area contributed by atoms with E-state index in [1.807, 2.05) is 19.1 Å². The van der Waals surface area contributed by atoms with Gasteiger partial charge in [-0.3, -0.25) is 4.98 Å². The molecule has 0 amide bonds. The fourth-order valence-corrected chi connectivity index (χ4v) is 4.34. The van der Waals surface area contributed by atoms with E-state index < -0.39 is 0 Å². The first-order chi connectivity index (χ1) is 11.5. The molecule has 4 rings (SSSR count). The molecule has 1 aromatic rings. The zero-order valence-electron chi connectivity index (χ0n) is 14.3. The number of fused-ring (bicyclic) bond motifs is 2. The highest BCUT2D eigenvalue weighted by molar-refractivity contribution is 5.17. The number of rotatable bonds is 3. The molecular weight excluding hydrogens is 318 g/mol. The van der Waals surface area contributed by atoms with E-state index in [1.54, 1.807) is 12.4 Å². The number of ether oxygens (including phenoxy) is 1. The normalized spacial score (nSPS) is 37.0. The zero-order chi connectivity index (χ0) is 17.1. The van der Waals surface area contributed by atoms with Crippen LogP contribution in [0.3, 0.4) is 0 Å². The maximum absolute atomic E-state index is 9.47. The van der Waals surface area contributed by atoms with Gasteiger partial charge < -0.3 is 20.1 Å². The van der Waals surface area contributed by atoms with Crippen molar-refractivity contribution in [1.82, 2.24) is 4.98 Å². The van der Waals surface area contributed by atoms with E-state index in [4.69, 9.17) is 4.74 Å². The molecule has 5 heteroatoms. The number of nitrogens with zero attached hydrogens (tertiary/aromatic N) is 1. The van der Waals surface area contributed by atoms with Gasteiger partial charge in [-0.25, -0.2) is 0 Å². The largest absolute Gasteiger partial charge is 0.490 e. The maximum atomic E-state index is 9.47. The summed E-state index contributed by atoms with van der Waals surface area (Å²) in [6, 6.07) is 3.74. The van der Waals surface area contributed by atoms with Crippen molar-refractivity contribution in [3.05, 3.63) is 24.5 Å². The first-order valence-electron chi connectivity index (χ1n) is 9.13. The van der Waals surface area contributed by atoms with Gasteiger partial charge in [0.25, 0.3) is 0 Å². The van der Waals surface area contributed by atoms with Crippen molar-refractivity contribution in [3.8, 4) is 5.75 Å². The standard InChI is InChI=1S/C12H17NO2.C7H12O2.CH4/c1-9(14)10-2-3-12(8-10)15-11-4-6-13-7-5-11;8-6-2-4-1-5(6)3-7(4)9;/h4-7,9-10,12,14H,2-3,8H2,1H3;4-9H,1-3H2;1H4. The second-order valence-electron chi connectivity index (χ2n) is 7.60. The molecule has 3 saturated carbocycles. The number of hydrogen-bond donors (Lipinski definition) is 3. The molecule has 25 heavy (non-hydrogen) atoms. The summed E-state index contributed by atoms with van der Waals surface area (Å²) in [5.74, 6) is 2.12. The summed E-state index contributed by atoms with van der Waals surface area (Å²) >= 11 is 0. The van der Waals surface area contributed by atoms with Crippen LogP contribution < -0.4 is 4.74 Å². The molecular formula is C20H33NO4. The van der Waals surface area contributed by atoms with Crippen molar-refractivity contribution < 1.29 is 20.1 Å². The van der Waals surface area contributed by atoms with Crippen LogP contribution >= 0.6 is 0 Å². The summed E-state index contributed by atoms with van der Waals surface area (Å²) in [7, 11) is 0. The summed E-state index contributed by atoms with van der Waals surface area (Å²) in [5, 5.41) is 27.9. The lowest BCUT2D eigenvalue weighted by atomic mass is 9.95. The van der Waals surface area contributed by atoms with Crippen molar-refractivity contribution in [2.24, 2.45) is 17.8 Å². The van der Waals surface area contributed by atoms with Crippen molar-refractivity contribution in [2.75, 3.05) is 0 Å². The van der Waals surface area contributed by atoms with Gasteiger partial charge >= 0.3 is 0 Å². The Kier molecular flexibility index (Phi) is 7.23. The van der Waals surface area contributed by atoms with E-state index in [2.05, 4.69) is 4.98 Å². The third kappa shape index (κ3) is 5.16. The summed E-state index contributed by atoms with van der Waals surface area (Å²) in [6.45, 7) is 1.86. The monoisotopic (exact) mass is 351 g/mol. The lowest BCUT2D eigenvalue weighted by molar-refractivity contribution is 0.0447. The molecule has 2 bridgehead atoms. The van der Waals surface area contributed by atoms with Gasteiger partial charge in [0.2, 0.25) is 0 Å². The minimum Gasteiger partial charge on any atom is -0.490 e. The van der Waals surface area contributed by atoms with Gasteiger partial charge in [-0.05, 0) is 75.3 Å². The summed E-state index contributed by atoms with van der Waals surface area (Å²) in [6.07, 6.45) is 9.11. The predicted octanol–water partition coefficient (Wildman–Crippen LogP) is 2.78. The van der Waals surface area contributed by atoms with E-state index in [0.29, 0.717) is 17.8 Å². The van der Waals surface area contributed by atoms with E-state index in [1.165, 1.54) is 0 Å². The van der Waals surface area contributed by atoms with E-state index in [9.17, 15) is 15.3 Å². The molecule has 3 aliphatic carbocycles. The van der Waals surface area contributed by atoms with Crippen molar-refractivity contribution in [1.29, 1.82) is 0 Å². The van der Waals surface area contributed by atoms with Crippen LogP contribution in [0.4, 0.5) is 0 Å². The smallest absolute Gasteiger partial charge is 0.122 e. The minimum absolute atomic E-state index is 0. The number of aromatic nitrogens is 1. The van der Waals surface area contributed by atoms with E-state index in [-0.39, 0.29) is 31.8 Å². The summed E-state index contributed by atoms with van der Waals surface area (Å²) < 4.78 is 5.80. The second-order valence-corrected chi connectivity index (χ2v) is 7.60. The molecule has 3 aliphatic rings. The van der Waals surface area contributed by atoms with Crippen molar-refractivity contribution in [3.63, 3.8) is 0 Å². The number of pyridine rings is 1. The average molecular weight is 351 g/mol. The fraction of sp³-hybridized carbons (Fsp3) is 0.750. The van der Waals surface area contributed by atoms with Gasteiger partial charge in [0, 0.05) is 12.4 Å². The summed E-state index contributed by atoms with van der Waals surface area (Å²) in [5.41, 5.74) is 0. The molecule has 5 nitrogen and oxygen atoms in total. The Morgan fingerprint density at radius 3 is 2.04 bits per heavy atom. The third-order valence-corrected chi connectivity index (χ3v) is 5.84. The Labute approximate surface area is 151 Å². The highest BCUT2D eigenvalue weighted by Gasteiger charge is 2.44. The predicted molar refractivity (Wildman–Crippen MR) is 97.3 cm³/mol. The van der Waals surface area contributed by atoms with Gasteiger partial charge in [0.05, 0.1) is 24.4 Å². The van der Waals surface area contributed by atoms with Crippen LogP contribution in [0.15, 0.2) is 24.5 Å². The van der Waals surface area contributed by atoms with Crippen molar-refractivity contribution >= 4 is 0 Å². The van der Waals surface area contributed by atoms with E-state index >= 15 is 0 Å². The minimum atomic E-state index is -0.212. The maximum Gasteiger partial charge on any atom is 0.122 e. The molecule has 1 aromatic heterocycles. The molecule has 7 atom stereocenters. The molecule has 0 aliphatic heterocycles. The van der Waals surface area contributed by atoms with Crippen LogP contribution in [0.25, 0.3) is 0 Å². The molecule has 1 heterocycles. The number of aliphatic hydroxyl groups excluding tert-OH is 3. The molecule has 0 saturated heterocycles. The molecule has 0 spiro atoms. The van der Waals surface area contributed by atoms with E-state index in [0.717, 1.165) is 44.3 Å². The molecule has 3 fully saturated rings. The van der Waals surface area contributed by atoms with Gasteiger partial charge in [-0.1, -0.05) is 7.43 Å². The lowest BCUT2D eigenvalue weighted by Gasteiger charge is -2.19. The Bertz CT molecular complexity index is 492. The van der Waals surface area contributed by atoms with Gasteiger partial charge in [0.15, 0.2) is 0 Å². The fourth-order valence-electron chi connectivity index (χ4n) is 4.34. The van der Waals surface area contributed by atoms with Crippen LogP contribution in [-0.2, 0) is 0 Å².